The molecular weight excluding hydrogens is 168 g/mol. The summed E-state index contributed by atoms with van der Waals surface area (Å²) in [7, 11) is 0. The van der Waals surface area contributed by atoms with Crippen LogP contribution in [0.4, 0.5) is 0 Å². The quantitative estimate of drug-likeness (QED) is 0.511. The minimum atomic E-state index is -0.757. The molecule has 0 radical (unpaired) electrons. The Bertz CT molecular complexity index is 137. The molecule has 0 bridgehead atoms. The molecule has 1 heterocycles. The predicted molar refractivity (Wildman–Crippen MR) is 52.8 cm³/mol. The fourth-order valence-electron chi connectivity index (χ4n) is 0.604. The van der Waals surface area contributed by atoms with E-state index in [1.807, 2.05) is 0 Å². The van der Waals surface area contributed by atoms with Gasteiger partial charge in [-0.15, -0.1) is 0 Å². The maximum Gasteiger partial charge on any atom is 0.308 e. The zero-order valence-electron chi connectivity index (χ0n) is 8.68. The molecule has 0 spiro atoms. The normalized spacial score (nSPS) is 17.2. The number of piperazine rings is 1. The summed E-state index contributed by atoms with van der Waals surface area (Å²) in [6, 6.07) is 0. The van der Waals surface area contributed by atoms with Crippen molar-refractivity contribution in [3.8, 4) is 0 Å². The summed E-state index contributed by atoms with van der Waals surface area (Å²) in [5.74, 6) is -0.757. The summed E-state index contributed by atoms with van der Waals surface area (Å²) in [6.07, 6.45) is 0. The Morgan fingerprint density at radius 1 is 1.08 bits per heavy atom. The maximum atomic E-state index is 10.0. The van der Waals surface area contributed by atoms with E-state index >= 15 is 0 Å². The molecule has 4 nitrogen and oxygen atoms in total. The van der Waals surface area contributed by atoms with Gasteiger partial charge in [0.1, 0.15) is 0 Å². The highest BCUT2D eigenvalue weighted by Gasteiger charge is 2.18. The zero-order valence-corrected chi connectivity index (χ0v) is 8.68. The largest absolute Gasteiger partial charge is 0.481 e. The third kappa shape index (κ3) is 7.74. The Balaban J connectivity index is 0.000000223. The number of hydrogen-bond donors (Lipinski definition) is 3. The lowest BCUT2D eigenvalue weighted by atomic mass is 9.98. The molecule has 0 aromatic heterocycles. The molecule has 0 saturated carbocycles. The number of carboxylic acids is 1. The second-order valence-corrected chi connectivity index (χ2v) is 4.06. The molecule has 3 N–H and O–H groups in total. The molecule has 13 heavy (non-hydrogen) atoms. The van der Waals surface area contributed by atoms with E-state index in [1.165, 1.54) is 0 Å². The van der Waals surface area contributed by atoms with Crippen molar-refractivity contribution in [2.75, 3.05) is 26.2 Å². The van der Waals surface area contributed by atoms with Crippen LogP contribution in [0.2, 0.25) is 0 Å². The van der Waals surface area contributed by atoms with Crippen LogP contribution >= 0.6 is 0 Å². The van der Waals surface area contributed by atoms with Crippen molar-refractivity contribution >= 4 is 5.97 Å². The van der Waals surface area contributed by atoms with Gasteiger partial charge in [0, 0.05) is 26.2 Å². The summed E-state index contributed by atoms with van der Waals surface area (Å²) in [4.78, 5) is 10.0. The van der Waals surface area contributed by atoms with Gasteiger partial charge < -0.3 is 15.7 Å². The van der Waals surface area contributed by atoms with E-state index in [0.717, 1.165) is 26.2 Å². The van der Waals surface area contributed by atoms with Crippen LogP contribution in [0.5, 0.6) is 0 Å². The average Bonchev–Trinajstić information content (AvgIpc) is 2.07. The molecule has 4 heteroatoms. The lowest BCUT2D eigenvalue weighted by Crippen LogP contribution is -2.39. The number of carboxylic acid groups (broad SMARTS) is 1. The van der Waals surface area contributed by atoms with Gasteiger partial charge in [0.2, 0.25) is 0 Å². The highest BCUT2D eigenvalue weighted by atomic mass is 16.4. The molecule has 0 aromatic rings. The standard InChI is InChI=1S/C5H10O2.C4H10N2/c1-5(2,3)4(6)7;1-2-6-4-3-5-1/h1-3H3,(H,6,7);5-6H,1-4H2. The molecule has 78 valence electrons. The average molecular weight is 188 g/mol. The fraction of sp³-hybridized carbons (Fsp3) is 0.889. The number of rotatable bonds is 0. The van der Waals surface area contributed by atoms with E-state index in [4.69, 9.17) is 5.11 Å². The predicted octanol–water partition coefficient (Wildman–Crippen LogP) is 0.296. The number of carbonyl (C=O) groups is 1. The van der Waals surface area contributed by atoms with Crippen molar-refractivity contribution in [2.45, 2.75) is 20.8 Å². The van der Waals surface area contributed by atoms with Crippen LogP contribution in [-0.2, 0) is 4.79 Å². The Hall–Kier alpha value is -0.610. The van der Waals surface area contributed by atoms with Crippen LogP contribution < -0.4 is 10.6 Å². The molecule has 1 aliphatic heterocycles. The number of aliphatic carboxylic acids is 1. The highest BCUT2D eigenvalue weighted by Crippen LogP contribution is 2.11. The number of nitrogens with one attached hydrogen (secondary N) is 2. The minimum Gasteiger partial charge on any atom is -0.481 e. The van der Waals surface area contributed by atoms with Crippen LogP contribution in [0.1, 0.15) is 20.8 Å². The smallest absolute Gasteiger partial charge is 0.308 e. The lowest BCUT2D eigenvalue weighted by Gasteiger charge is -2.11. The first-order valence-corrected chi connectivity index (χ1v) is 4.59. The monoisotopic (exact) mass is 188 g/mol. The van der Waals surface area contributed by atoms with E-state index < -0.39 is 11.4 Å². The first kappa shape index (κ1) is 12.4. The van der Waals surface area contributed by atoms with Crippen molar-refractivity contribution in [2.24, 2.45) is 5.41 Å². The van der Waals surface area contributed by atoms with Crippen molar-refractivity contribution in [1.82, 2.24) is 10.6 Å². The molecule has 1 aliphatic rings. The zero-order chi connectivity index (χ0) is 10.3. The highest BCUT2D eigenvalue weighted by molar-refractivity contribution is 5.72. The van der Waals surface area contributed by atoms with Gasteiger partial charge in [0.25, 0.3) is 0 Å². The Morgan fingerprint density at radius 3 is 1.38 bits per heavy atom. The van der Waals surface area contributed by atoms with Gasteiger partial charge in [-0.05, 0) is 20.8 Å². The fourth-order valence-corrected chi connectivity index (χ4v) is 0.604. The van der Waals surface area contributed by atoms with E-state index in [2.05, 4.69) is 10.6 Å². The van der Waals surface area contributed by atoms with Crippen LogP contribution in [0.25, 0.3) is 0 Å². The van der Waals surface area contributed by atoms with E-state index in [0.29, 0.717) is 0 Å². The molecular formula is C9H20N2O2. The van der Waals surface area contributed by atoms with Gasteiger partial charge in [-0.25, -0.2) is 0 Å². The second kappa shape index (κ2) is 5.94. The Morgan fingerprint density at radius 2 is 1.31 bits per heavy atom. The van der Waals surface area contributed by atoms with E-state index in [9.17, 15) is 4.79 Å². The third-order valence-corrected chi connectivity index (χ3v) is 1.60. The van der Waals surface area contributed by atoms with Crippen molar-refractivity contribution in [1.29, 1.82) is 0 Å². The molecule has 0 amide bonds. The van der Waals surface area contributed by atoms with Gasteiger partial charge in [-0.1, -0.05) is 0 Å². The SMILES string of the molecule is C1CNCCN1.CC(C)(C)C(=O)O. The minimum absolute atomic E-state index is 0.583. The Labute approximate surface area is 79.7 Å². The molecule has 1 rings (SSSR count). The summed E-state index contributed by atoms with van der Waals surface area (Å²) >= 11 is 0. The van der Waals surface area contributed by atoms with Crippen molar-refractivity contribution in [3.63, 3.8) is 0 Å². The van der Waals surface area contributed by atoms with Crippen LogP contribution in [-0.4, -0.2) is 37.3 Å². The van der Waals surface area contributed by atoms with Crippen LogP contribution in [0.3, 0.4) is 0 Å². The first-order valence-electron chi connectivity index (χ1n) is 4.59. The van der Waals surface area contributed by atoms with Crippen molar-refractivity contribution in [3.05, 3.63) is 0 Å². The van der Waals surface area contributed by atoms with Gasteiger partial charge in [0.05, 0.1) is 5.41 Å². The Kier molecular flexibility index (Phi) is 5.66. The summed E-state index contributed by atoms with van der Waals surface area (Å²) in [6.45, 7) is 9.54. The van der Waals surface area contributed by atoms with Crippen LogP contribution in [0.15, 0.2) is 0 Å². The van der Waals surface area contributed by atoms with Crippen molar-refractivity contribution < 1.29 is 9.90 Å². The van der Waals surface area contributed by atoms with Gasteiger partial charge in [0.15, 0.2) is 0 Å². The van der Waals surface area contributed by atoms with Gasteiger partial charge in [-0.2, -0.15) is 0 Å². The van der Waals surface area contributed by atoms with Crippen LogP contribution in [0, 0.1) is 5.41 Å². The molecule has 0 atom stereocenters. The maximum absolute atomic E-state index is 10.0. The first-order chi connectivity index (χ1) is 5.94. The van der Waals surface area contributed by atoms with Gasteiger partial charge >= 0.3 is 5.97 Å². The van der Waals surface area contributed by atoms with E-state index in [1.54, 1.807) is 20.8 Å². The molecule has 0 aliphatic carbocycles. The lowest BCUT2D eigenvalue weighted by molar-refractivity contribution is -0.145. The summed E-state index contributed by atoms with van der Waals surface area (Å²) in [5, 5.41) is 14.7. The summed E-state index contributed by atoms with van der Waals surface area (Å²) in [5.41, 5.74) is -0.583. The van der Waals surface area contributed by atoms with Gasteiger partial charge in [-0.3, -0.25) is 4.79 Å². The molecule has 0 unspecified atom stereocenters. The molecule has 1 saturated heterocycles. The number of hydrogen-bond acceptors (Lipinski definition) is 3. The molecule has 1 fully saturated rings. The summed E-state index contributed by atoms with van der Waals surface area (Å²) < 4.78 is 0. The second-order valence-electron chi connectivity index (χ2n) is 4.06. The topological polar surface area (TPSA) is 61.4 Å². The molecule has 0 aromatic carbocycles. The third-order valence-electron chi connectivity index (χ3n) is 1.60. The van der Waals surface area contributed by atoms with E-state index in [-0.39, 0.29) is 0 Å².